The first-order chi connectivity index (χ1) is 4.48. The summed E-state index contributed by atoms with van der Waals surface area (Å²) in [5.74, 6) is 0.676. The molecule has 0 saturated heterocycles. The van der Waals surface area contributed by atoms with Gasteiger partial charge in [-0.1, -0.05) is 19.9 Å². The Labute approximate surface area is 64.3 Å². The van der Waals surface area contributed by atoms with E-state index in [1.54, 1.807) is 0 Å². The third-order valence-electron chi connectivity index (χ3n) is 1.49. The Morgan fingerprint density at radius 2 is 2.10 bits per heavy atom. The van der Waals surface area contributed by atoms with Gasteiger partial charge in [-0.3, -0.25) is 0 Å². The van der Waals surface area contributed by atoms with E-state index in [0.29, 0.717) is 5.92 Å². The van der Waals surface area contributed by atoms with Gasteiger partial charge >= 0.3 is 0 Å². The topological polar surface area (TPSA) is 26.0 Å². The Morgan fingerprint density at radius 3 is 2.40 bits per heavy atom. The van der Waals surface area contributed by atoms with Crippen molar-refractivity contribution in [2.24, 2.45) is 11.7 Å². The van der Waals surface area contributed by atoms with Gasteiger partial charge in [-0.25, -0.2) is 0 Å². The molecule has 0 aliphatic carbocycles. The average Bonchev–Trinajstić information content (AvgIpc) is 1.59. The largest absolute Gasteiger partial charge is 0.325 e. The Balaban J connectivity index is 3.73. The summed E-state index contributed by atoms with van der Waals surface area (Å²) in [7, 11) is 0. The molecule has 1 nitrogen and oxygen atoms in total. The van der Waals surface area contributed by atoms with Gasteiger partial charge in [0.25, 0.3) is 0 Å². The molecule has 10 heavy (non-hydrogen) atoms. The summed E-state index contributed by atoms with van der Waals surface area (Å²) in [6, 6.07) is 0. The van der Waals surface area contributed by atoms with Crippen LogP contribution < -0.4 is 5.73 Å². The zero-order valence-electron chi connectivity index (χ0n) is 7.35. The molecule has 0 radical (unpaired) electrons. The van der Waals surface area contributed by atoms with Gasteiger partial charge in [-0.2, -0.15) is 0 Å². The van der Waals surface area contributed by atoms with Crippen LogP contribution in [-0.4, -0.2) is 5.54 Å². The molecule has 0 amide bonds. The number of hydrogen-bond donors (Lipinski definition) is 1. The fourth-order valence-corrected chi connectivity index (χ4v) is 1.35. The zero-order valence-corrected chi connectivity index (χ0v) is 7.35. The first kappa shape index (κ1) is 9.70. The molecule has 0 bridgehead atoms. The van der Waals surface area contributed by atoms with Crippen LogP contribution in [0.1, 0.15) is 33.6 Å². The van der Waals surface area contributed by atoms with E-state index >= 15 is 0 Å². The quantitative estimate of drug-likeness (QED) is 0.597. The molecule has 0 aromatic heterocycles. The lowest BCUT2D eigenvalue weighted by Gasteiger charge is -2.24. The van der Waals surface area contributed by atoms with E-state index in [2.05, 4.69) is 27.4 Å². The van der Waals surface area contributed by atoms with Crippen LogP contribution in [0.25, 0.3) is 0 Å². The molecular formula is C9H19N. The third kappa shape index (κ3) is 4.57. The molecule has 0 aromatic rings. The predicted molar refractivity (Wildman–Crippen MR) is 46.9 cm³/mol. The highest BCUT2D eigenvalue weighted by molar-refractivity contribution is 4.87. The van der Waals surface area contributed by atoms with Crippen molar-refractivity contribution in [3.05, 3.63) is 12.7 Å². The SMILES string of the molecule is C=CCC(C)(N)CC(C)C. The molecule has 0 aliphatic heterocycles. The van der Waals surface area contributed by atoms with Crippen molar-refractivity contribution in [1.82, 2.24) is 0 Å². The Morgan fingerprint density at radius 1 is 1.60 bits per heavy atom. The molecule has 0 aromatic carbocycles. The van der Waals surface area contributed by atoms with Crippen molar-refractivity contribution in [2.45, 2.75) is 39.2 Å². The minimum Gasteiger partial charge on any atom is -0.325 e. The van der Waals surface area contributed by atoms with Crippen LogP contribution in [0.15, 0.2) is 12.7 Å². The molecule has 1 atom stereocenters. The van der Waals surface area contributed by atoms with Crippen molar-refractivity contribution in [3.63, 3.8) is 0 Å². The van der Waals surface area contributed by atoms with Crippen molar-refractivity contribution in [2.75, 3.05) is 0 Å². The smallest absolute Gasteiger partial charge is 0.0162 e. The van der Waals surface area contributed by atoms with Gasteiger partial charge in [0, 0.05) is 5.54 Å². The van der Waals surface area contributed by atoms with Crippen LogP contribution in [-0.2, 0) is 0 Å². The van der Waals surface area contributed by atoms with Crippen molar-refractivity contribution >= 4 is 0 Å². The molecule has 0 rings (SSSR count). The highest BCUT2D eigenvalue weighted by atomic mass is 14.7. The van der Waals surface area contributed by atoms with E-state index < -0.39 is 0 Å². The maximum Gasteiger partial charge on any atom is 0.0162 e. The van der Waals surface area contributed by atoms with E-state index in [9.17, 15) is 0 Å². The number of rotatable bonds is 4. The normalized spacial score (nSPS) is 16.9. The van der Waals surface area contributed by atoms with Gasteiger partial charge in [0.15, 0.2) is 0 Å². The summed E-state index contributed by atoms with van der Waals surface area (Å²) in [6.07, 6.45) is 3.87. The van der Waals surface area contributed by atoms with Crippen LogP contribution in [0.2, 0.25) is 0 Å². The molecule has 0 spiro atoms. The third-order valence-corrected chi connectivity index (χ3v) is 1.49. The van der Waals surface area contributed by atoms with E-state index in [1.807, 2.05) is 6.08 Å². The van der Waals surface area contributed by atoms with Gasteiger partial charge in [0.05, 0.1) is 0 Å². The molecule has 1 heteroatoms. The van der Waals surface area contributed by atoms with E-state index in [4.69, 9.17) is 5.73 Å². The highest BCUT2D eigenvalue weighted by Crippen LogP contribution is 2.16. The second kappa shape index (κ2) is 3.77. The van der Waals surface area contributed by atoms with Crippen LogP contribution in [0.5, 0.6) is 0 Å². The molecule has 2 N–H and O–H groups in total. The maximum atomic E-state index is 5.96. The Bertz CT molecular complexity index is 103. The van der Waals surface area contributed by atoms with Gasteiger partial charge in [0.1, 0.15) is 0 Å². The van der Waals surface area contributed by atoms with Gasteiger partial charge in [0.2, 0.25) is 0 Å². The fourth-order valence-electron chi connectivity index (χ4n) is 1.35. The lowest BCUT2D eigenvalue weighted by molar-refractivity contribution is 0.373. The molecular weight excluding hydrogens is 122 g/mol. The Kier molecular flexibility index (Phi) is 3.66. The first-order valence-corrected chi connectivity index (χ1v) is 3.88. The second-order valence-electron chi connectivity index (χ2n) is 3.74. The van der Waals surface area contributed by atoms with Crippen LogP contribution in [0.3, 0.4) is 0 Å². The van der Waals surface area contributed by atoms with Crippen molar-refractivity contribution < 1.29 is 0 Å². The van der Waals surface area contributed by atoms with Crippen molar-refractivity contribution in [1.29, 1.82) is 0 Å². The molecule has 0 aliphatic rings. The lowest BCUT2D eigenvalue weighted by Crippen LogP contribution is -2.36. The lowest BCUT2D eigenvalue weighted by atomic mass is 9.89. The van der Waals surface area contributed by atoms with E-state index in [1.165, 1.54) is 0 Å². The van der Waals surface area contributed by atoms with Crippen LogP contribution >= 0.6 is 0 Å². The standard InChI is InChI=1S/C9H19N/c1-5-6-9(4,10)7-8(2)3/h5,8H,1,6-7,10H2,2-4H3. The summed E-state index contributed by atoms with van der Waals surface area (Å²) < 4.78 is 0. The van der Waals surface area contributed by atoms with Crippen LogP contribution in [0, 0.1) is 5.92 Å². The van der Waals surface area contributed by atoms with Crippen molar-refractivity contribution in [3.8, 4) is 0 Å². The molecule has 0 saturated carbocycles. The summed E-state index contributed by atoms with van der Waals surface area (Å²) in [5.41, 5.74) is 5.91. The zero-order chi connectivity index (χ0) is 8.20. The molecule has 0 heterocycles. The number of hydrogen-bond acceptors (Lipinski definition) is 1. The maximum absolute atomic E-state index is 5.96. The fraction of sp³-hybridized carbons (Fsp3) is 0.778. The minimum atomic E-state index is -0.0457. The van der Waals surface area contributed by atoms with Crippen LogP contribution in [0.4, 0.5) is 0 Å². The molecule has 0 fully saturated rings. The highest BCUT2D eigenvalue weighted by Gasteiger charge is 2.17. The predicted octanol–water partition coefficient (Wildman–Crippen LogP) is 2.33. The molecule has 60 valence electrons. The summed E-state index contributed by atoms with van der Waals surface area (Å²) in [4.78, 5) is 0. The minimum absolute atomic E-state index is 0.0457. The Hall–Kier alpha value is -0.300. The monoisotopic (exact) mass is 141 g/mol. The van der Waals surface area contributed by atoms with Gasteiger partial charge in [-0.05, 0) is 25.7 Å². The second-order valence-corrected chi connectivity index (χ2v) is 3.74. The van der Waals surface area contributed by atoms with E-state index in [0.717, 1.165) is 12.8 Å². The first-order valence-electron chi connectivity index (χ1n) is 3.88. The number of nitrogens with two attached hydrogens (primary N) is 1. The van der Waals surface area contributed by atoms with E-state index in [-0.39, 0.29) is 5.54 Å². The van der Waals surface area contributed by atoms with Gasteiger partial charge in [-0.15, -0.1) is 6.58 Å². The summed E-state index contributed by atoms with van der Waals surface area (Å²) >= 11 is 0. The van der Waals surface area contributed by atoms with Gasteiger partial charge < -0.3 is 5.73 Å². The average molecular weight is 141 g/mol. The summed E-state index contributed by atoms with van der Waals surface area (Å²) in [6.45, 7) is 10.1. The molecule has 1 unspecified atom stereocenters. The summed E-state index contributed by atoms with van der Waals surface area (Å²) in [5, 5.41) is 0.